The molecule has 3 aromatic carbocycles. The van der Waals surface area contributed by atoms with E-state index in [9.17, 15) is 9.59 Å². The molecule has 1 saturated heterocycles. The van der Waals surface area contributed by atoms with E-state index < -0.39 is 5.66 Å². The van der Waals surface area contributed by atoms with E-state index in [-0.39, 0.29) is 11.8 Å². The van der Waals surface area contributed by atoms with Gasteiger partial charge in [-0.05, 0) is 41.8 Å². The predicted octanol–water partition coefficient (Wildman–Crippen LogP) is 4.45. The Morgan fingerprint density at radius 3 is 2.23 bits per heavy atom. The molecule has 5 nitrogen and oxygen atoms in total. The van der Waals surface area contributed by atoms with Crippen molar-refractivity contribution in [1.82, 2.24) is 10.2 Å². The lowest BCUT2D eigenvalue weighted by Gasteiger charge is -2.46. The van der Waals surface area contributed by atoms with E-state index in [0.717, 1.165) is 22.4 Å². The number of fused-ring (bicyclic) bond motifs is 1. The van der Waals surface area contributed by atoms with Crippen LogP contribution in [0.5, 0.6) is 0 Å². The van der Waals surface area contributed by atoms with E-state index in [2.05, 4.69) is 22.8 Å². The number of hydrogen-bond donors (Lipinski definition) is 2. The van der Waals surface area contributed by atoms with Crippen LogP contribution in [0.1, 0.15) is 39.1 Å². The second-order valence-electron chi connectivity index (χ2n) is 8.39. The summed E-state index contributed by atoms with van der Waals surface area (Å²) < 4.78 is 0. The average molecular weight is 412 g/mol. The fourth-order valence-electron chi connectivity index (χ4n) is 4.60. The Morgan fingerprint density at radius 2 is 1.52 bits per heavy atom. The van der Waals surface area contributed by atoms with E-state index in [0.29, 0.717) is 37.1 Å². The second kappa shape index (κ2) is 7.58. The SMILES string of the molecule is Cc1cccc2c1C(=O)NC1(CCN(C(=O)c3ccc(-c4ccccc4)cc3)CC1)N2. The van der Waals surface area contributed by atoms with E-state index in [4.69, 9.17) is 0 Å². The first kappa shape index (κ1) is 19.4. The van der Waals surface area contributed by atoms with Gasteiger partial charge in [0.2, 0.25) is 0 Å². The lowest BCUT2D eigenvalue weighted by atomic mass is 9.91. The van der Waals surface area contributed by atoms with Crippen LogP contribution < -0.4 is 10.6 Å². The number of benzene rings is 3. The molecule has 5 rings (SSSR count). The summed E-state index contributed by atoms with van der Waals surface area (Å²) in [6, 6.07) is 23.8. The number of anilines is 1. The monoisotopic (exact) mass is 411 g/mol. The van der Waals surface area contributed by atoms with Crippen molar-refractivity contribution in [2.24, 2.45) is 0 Å². The fourth-order valence-corrected chi connectivity index (χ4v) is 4.60. The molecule has 0 saturated carbocycles. The van der Waals surface area contributed by atoms with E-state index in [1.807, 2.05) is 72.5 Å². The van der Waals surface area contributed by atoms with Gasteiger partial charge in [-0.1, -0.05) is 54.6 Å². The highest BCUT2D eigenvalue weighted by Crippen LogP contribution is 2.33. The Balaban J connectivity index is 1.28. The van der Waals surface area contributed by atoms with Gasteiger partial charge in [0, 0.05) is 37.2 Å². The third-order valence-corrected chi connectivity index (χ3v) is 6.37. The van der Waals surface area contributed by atoms with Gasteiger partial charge in [-0.3, -0.25) is 9.59 Å². The highest BCUT2D eigenvalue weighted by Gasteiger charge is 2.41. The molecule has 2 aliphatic heterocycles. The van der Waals surface area contributed by atoms with Crippen LogP contribution in [0.15, 0.2) is 72.8 Å². The molecule has 5 heteroatoms. The highest BCUT2D eigenvalue weighted by atomic mass is 16.2. The predicted molar refractivity (Wildman–Crippen MR) is 122 cm³/mol. The molecule has 0 atom stereocenters. The van der Waals surface area contributed by atoms with E-state index in [1.165, 1.54) is 0 Å². The molecule has 0 bridgehead atoms. The minimum Gasteiger partial charge on any atom is -0.362 e. The molecular formula is C26H25N3O2. The number of carbonyl (C=O) groups is 2. The van der Waals surface area contributed by atoms with Gasteiger partial charge in [-0.2, -0.15) is 0 Å². The summed E-state index contributed by atoms with van der Waals surface area (Å²) in [6.45, 7) is 3.13. The van der Waals surface area contributed by atoms with Crippen LogP contribution in [-0.4, -0.2) is 35.5 Å². The lowest BCUT2D eigenvalue weighted by molar-refractivity contribution is 0.0639. The number of aryl methyl sites for hydroxylation is 1. The van der Waals surface area contributed by atoms with Gasteiger partial charge < -0.3 is 15.5 Å². The van der Waals surface area contributed by atoms with Crippen LogP contribution in [0.25, 0.3) is 11.1 Å². The largest absolute Gasteiger partial charge is 0.362 e. The molecule has 2 N–H and O–H groups in total. The highest BCUT2D eigenvalue weighted by molar-refractivity contribution is 6.03. The molecule has 2 heterocycles. The van der Waals surface area contributed by atoms with Gasteiger partial charge >= 0.3 is 0 Å². The Bertz CT molecular complexity index is 1130. The minimum absolute atomic E-state index is 0.0350. The van der Waals surface area contributed by atoms with Gasteiger partial charge in [0.15, 0.2) is 0 Å². The van der Waals surface area contributed by atoms with Crippen LogP contribution >= 0.6 is 0 Å². The quantitative estimate of drug-likeness (QED) is 0.655. The standard InChI is InChI=1S/C26H25N3O2/c1-18-6-5-9-22-23(18)24(30)28-26(27-22)14-16-29(17-15-26)25(31)21-12-10-20(11-13-21)19-7-3-2-4-8-19/h2-13,27H,14-17H2,1H3,(H,28,30). The van der Waals surface area contributed by atoms with Crippen molar-refractivity contribution in [2.75, 3.05) is 18.4 Å². The number of nitrogens with one attached hydrogen (secondary N) is 2. The van der Waals surface area contributed by atoms with E-state index in [1.54, 1.807) is 0 Å². The number of rotatable bonds is 2. The number of hydrogen-bond acceptors (Lipinski definition) is 3. The smallest absolute Gasteiger partial charge is 0.255 e. The normalized spacial score (nSPS) is 16.9. The summed E-state index contributed by atoms with van der Waals surface area (Å²) in [4.78, 5) is 27.7. The summed E-state index contributed by atoms with van der Waals surface area (Å²) in [7, 11) is 0. The number of carbonyl (C=O) groups excluding carboxylic acids is 2. The molecule has 0 aromatic heterocycles. The van der Waals surface area contributed by atoms with Crippen LogP contribution in [-0.2, 0) is 0 Å². The summed E-state index contributed by atoms with van der Waals surface area (Å²) in [5, 5.41) is 6.70. The van der Waals surface area contributed by atoms with Crippen molar-refractivity contribution in [3.8, 4) is 11.1 Å². The molecule has 2 amide bonds. The summed E-state index contributed by atoms with van der Waals surface area (Å²) in [6.07, 6.45) is 1.33. The van der Waals surface area contributed by atoms with Crippen LogP contribution in [0, 0.1) is 6.92 Å². The Kier molecular flexibility index (Phi) is 4.74. The van der Waals surface area contributed by atoms with Gasteiger partial charge in [0.1, 0.15) is 5.66 Å². The molecule has 2 aliphatic rings. The molecule has 3 aromatic rings. The van der Waals surface area contributed by atoms with Crippen molar-refractivity contribution >= 4 is 17.5 Å². The average Bonchev–Trinajstić information content (AvgIpc) is 2.79. The number of likely N-dealkylation sites (tertiary alicyclic amines) is 1. The fraction of sp³-hybridized carbons (Fsp3) is 0.231. The first-order chi connectivity index (χ1) is 15.0. The first-order valence-electron chi connectivity index (χ1n) is 10.7. The number of nitrogens with zero attached hydrogens (tertiary/aromatic N) is 1. The third-order valence-electron chi connectivity index (χ3n) is 6.37. The maximum absolute atomic E-state index is 13.0. The molecular weight excluding hydrogens is 386 g/mol. The molecule has 1 spiro atoms. The summed E-state index contributed by atoms with van der Waals surface area (Å²) in [5.74, 6) is -0.00373. The van der Waals surface area contributed by atoms with Crippen molar-refractivity contribution in [1.29, 1.82) is 0 Å². The Labute approximate surface area is 182 Å². The van der Waals surface area contributed by atoms with Crippen molar-refractivity contribution in [3.05, 3.63) is 89.5 Å². The zero-order valence-electron chi connectivity index (χ0n) is 17.5. The Morgan fingerprint density at radius 1 is 0.839 bits per heavy atom. The van der Waals surface area contributed by atoms with Crippen molar-refractivity contribution < 1.29 is 9.59 Å². The minimum atomic E-state index is -0.494. The topological polar surface area (TPSA) is 61.4 Å². The van der Waals surface area contributed by atoms with E-state index >= 15 is 0 Å². The zero-order chi connectivity index (χ0) is 21.4. The molecule has 1 fully saturated rings. The number of amides is 2. The molecule has 0 radical (unpaired) electrons. The van der Waals surface area contributed by atoms with Gasteiger partial charge in [-0.15, -0.1) is 0 Å². The van der Waals surface area contributed by atoms with Crippen LogP contribution in [0.4, 0.5) is 5.69 Å². The van der Waals surface area contributed by atoms with Gasteiger partial charge in [0.25, 0.3) is 11.8 Å². The first-order valence-corrected chi connectivity index (χ1v) is 10.7. The van der Waals surface area contributed by atoms with Crippen molar-refractivity contribution in [2.45, 2.75) is 25.4 Å². The van der Waals surface area contributed by atoms with Crippen LogP contribution in [0.2, 0.25) is 0 Å². The maximum atomic E-state index is 13.0. The number of piperidine rings is 1. The molecule has 31 heavy (non-hydrogen) atoms. The van der Waals surface area contributed by atoms with Gasteiger partial charge in [-0.25, -0.2) is 0 Å². The summed E-state index contributed by atoms with van der Waals surface area (Å²) >= 11 is 0. The Hall–Kier alpha value is -3.60. The summed E-state index contributed by atoms with van der Waals surface area (Å²) in [5.41, 5.74) is 4.98. The lowest BCUT2D eigenvalue weighted by Crippen LogP contribution is -2.62. The van der Waals surface area contributed by atoms with Gasteiger partial charge in [0.05, 0.1) is 5.56 Å². The van der Waals surface area contributed by atoms with Crippen molar-refractivity contribution in [3.63, 3.8) is 0 Å². The second-order valence-corrected chi connectivity index (χ2v) is 8.39. The third kappa shape index (κ3) is 3.56. The van der Waals surface area contributed by atoms with Crippen LogP contribution in [0.3, 0.4) is 0 Å². The molecule has 0 unspecified atom stereocenters. The molecule has 156 valence electrons. The maximum Gasteiger partial charge on any atom is 0.255 e. The molecule has 0 aliphatic carbocycles. The zero-order valence-corrected chi connectivity index (χ0v) is 17.5.